The van der Waals surface area contributed by atoms with Crippen LogP contribution in [-0.4, -0.2) is 65.8 Å². The van der Waals surface area contributed by atoms with Crippen molar-refractivity contribution < 1.29 is 30.0 Å². The summed E-state index contributed by atoms with van der Waals surface area (Å²) in [5, 5.41) is 0. The smallest absolute Gasteiger partial charge is 0.243 e. The molecule has 2 aliphatic rings. The van der Waals surface area contributed by atoms with Crippen LogP contribution in [0.5, 0.6) is 0 Å². The summed E-state index contributed by atoms with van der Waals surface area (Å²) in [6.07, 6.45) is 0.121. The highest BCUT2D eigenvalue weighted by molar-refractivity contribution is 7.94. The number of carbonyl (C=O) groups is 1. The van der Waals surface area contributed by atoms with Gasteiger partial charge >= 0.3 is 0 Å². The molecule has 27 heavy (non-hydrogen) atoms. The van der Waals surface area contributed by atoms with E-state index in [4.69, 9.17) is 0 Å². The second kappa shape index (κ2) is 6.54. The number of benzene rings is 1. The van der Waals surface area contributed by atoms with Crippen molar-refractivity contribution in [3.05, 3.63) is 23.8 Å². The van der Waals surface area contributed by atoms with E-state index in [2.05, 4.69) is 0 Å². The van der Waals surface area contributed by atoms with Crippen molar-refractivity contribution >= 4 is 41.5 Å². The number of sulfonamides is 2. The molecule has 2 heterocycles. The number of rotatable bonds is 4. The Labute approximate surface area is 159 Å². The molecule has 0 aromatic heterocycles. The normalized spacial score (nSPS) is 24.6. The van der Waals surface area contributed by atoms with E-state index in [9.17, 15) is 30.0 Å². The quantitative estimate of drug-likeness (QED) is 0.643. The van der Waals surface area contributed by atoms with Crippen LogP contribution in [0, 0.1) is 6.92 Å². The van der Waals surface area contributed by atoms with Gasteiger partial charge in [-0.05, 0) is 37.1 Å². The molecule has 1 aromatic rings. The zero-order chi connectivity index (χ0) is 20.2. The summed E-state index contributed by atoms with van der Waals surface area (Å²) in [7, 11) is -9.62. The summed E-state index contributed by atoms with van der Waals surface area (Å²) < 4.78 is 74.9. The lowest BCUT2D eigenvalue weighted by Crippen LogP contribution is -2.38. The van der Waals surface area contributed by atoms with Gasteiger partial charge in [0.2, 0.25) is 26.0 Å². The third-order valence-corrected chi connectivity index (χ3v) is 10.4. The molecule has 1 atom stereocenters. The van der Waals surface area contributed by atoms with Gasteiger partial charge < -0.3 is 0 Å². The van der Waals surface area contributed by atoms with Gasteiger partial charge in [-0.3, -0.25) is 4.79 Å². The summed E-state index contributed by atoms with van der Waals surface area (Å²) in [4.78, 5) is 11.8. The van der Waals surface area contributed by atoms with Gasteiger partial charge in [-0.25, -0.2) is 29.6 Å². The number of hydrogen-bond donors (Lipinski definition) is 0. The molecule has 3 rings (SSSR count). The molecule has 150 valence electrons. The van der Waals surface area contributed by atoms with Crippen LogP contribution in [0.25, 0.3) is 0 Å². The highest BCUT2D eigenvalue weighted by Crippen LogP contribution is 2.31. The molecule has 0 aliphatic carbocycles. The minimum Gasteiger partial charge on any atom is -0.273 e. The fourth-order valence-electron chi connectivity index (χ4n) is 3.33. The van der Waals surface area contributed by atoms with E-state index in [0.29, 0.717) is 4.31 Å². The van der Waals surface area contributed by atoms with E-state index in [1.807, 2.05) is 0 Å². The summed E-state index contributed by atoms with van der Waals surface area (Å²) >= 11 is 0. The lowest BCUT2D eigenvalue weighted by Gasteiger charge is -2.24. The van der Waals surface area contributed by atoms with Crippen LogP contribution in [0.4, 0.5) is 5.69 Å². The molecule has 0 N–H and O–H groups in total. The molecule has 0 radical (unpaired) electrons. The second-order valence-electron chi connectivity index (χ2n) is 6.75. The van der Waals surface area contributed by atoms with E-state index in [-0.39, 0.29) is 46.2 Å². The van der Waals surface area contributed by atoms with E-state index in [1.165, 1.54) is 32.2 Å². The van der Waals surface area contributed by atoms with Gasteiger partial charge in [0.1, 0.15) is 0 Å². The molecule has 0 spiro atoms. The fourth-order valence-corrected chi connectivity index (χ4v) is 8.24. The van der Waals surface area contributed by atoms with Crippen LogP contribution in [0.3, 0.4) is 0 Å². The van der Waals surface area contributed by atoms with Crippen molar-refractivity contribution in [3.63, 3.8) is 0 Å². The molecular weight excluding hydrogens is 416 g/mol. The SMILES string of the molecule is Cc1cc(N2C(=O)CCS2(=O)=O)ccc1S(=O)(=O)N(C)C1CCS(=O)(=O)C1. The number of hydrogen-bond acceptors (Lipinski definition) is 7. The van der Waals surface area contributed by atoms with Crippen LogP contribution in [0.1, 0.15) is 18.4 Å². The first-order chi connectivity index (χ1) is 12.3. The summed E-state index contributed by atoms with van der Waals surface area (Å²) in [5.41, 5.74) is 0.371. The lowest BCUT2D eigenvalue weighted by atomic mass is 10.2. The largest absolute Gasteiger partial charge is 0.273 e. The van der Waals surface area contributed by atoms with Crippen molar-refractivity contribution in [1.29, 1.82) is 0 Å². The molecule has 0 bridgehead atoms. The van der Waals surface area contributed by atoms with E-state index in [1.54, 1.807) is 0 Å². The third-order valence-electron chi connectivity index (χ3n) is 4.85. The molecule has 12 heteroatoms. The van der Waals surface area contributed by atoms with Crippen LogP contribution in [0.15, 0.2) is 23.1 Å². The van der Waals surface area contributed by atoms with Gasteiger partial charge in [0.05, 0.1) is 27.8 Å². The van der Waals surface area contributed by atoms with Gasteiger partial charge in [-0.15, -0.1) is 0 Å². The molecule has 1 aromatic carbocycles. The average Bonchev–Trinajstić information content (AvgIpc) is 3.04. The minimum atomic E-state index is -3.97. The van der Waals surface area contributed by atoms with Crippen molar-refractivity contribution in [2.75, 3.05) is 28.6 Å². The Morgan fingerprint density at radius 3 is 2.30 bits per heavy atom. The Balaban J connectivity index is 1.95. The predicted molar refractivity (Wildman–Crippen MR) is 99.1 cm³/mol. The van der Waals surface area contributed by atoms with E-state index < -0.39 is 41.8 Å². The standard InChI is InChI=1S/C15H20N2O7S3/c1-11-9-12(17-15(18)6-8-26(17,21)22)3-4-14(11)27(23,24)16(2)13-5-7-25(19,20)10-13/h3-4,9,13H,5-8,10H2,1-2H3. The fraction of sp³-hybridized carbons (Fsp3) is 0.533. The van der Waals surface area contributed by atoms with Crippen molar-refractivity contribution in [3.8, 4) is 0 Å². The molecule has 0 saturated carbocycles. The van der Waals surface area contributed by atoms with E-state index in [0.717, 1.165) is 4.31 Å². The maximum Gasteiger partial charge on any atom is 0.243 e. The maximum absolute atomic E-state index is 12.9. The molecule has 1 unspecified atom stereocenters. The van der Waals surface area contributed by atoms with Crippen LogP contribution in [-0.2, 0) is 34.7 Å². The number of nitrogens with zero attached hydrogens (tertiary/aromatic N) is 2. The van der Waals surface area contributed by atoms with Crippen molar-refractivity contribution in [1.82, 2.24) is 4.31 Å². The Morgan fingerprint density at radius 1 is 1.15 bits per heavy atom. The van der Waals surface area contributed by atoms with Crippen LogP contribution in [0.2, 0.25) is 0 Å². The Kier molecular flexibility index (Phi) is 4.90. The molecule has 2 fully saturated rings. The number of carbonyl (C=O) groups excluding carboxylic acids is 1. The van der Waals surface area contributed by atoms with Crippen molar-refractivity contribution in [2.24, 2.45) is 0 Å². The molecule has 2 saturated heterocycles. The highest BCUT2D eigenvalue weighted by atomic mass is 32.2. The zero-order valence-electron chi connectivity index (χ0n) is 14.8. The maximum atomic E-state index is 12.9. The molecule has 2 aliphatic heterocycles. The first kappa shape index (κ1) is 20.2. The van der Waals surface area contributed by atoms with Gasteiger partial charge in [-0.1, -0.05) is 0 Å². The Morgan fingerprint density at radius 2 is 1.81 bits per heavy atom. The minimum absolute atomic E-state index is 0.0512. The lowest BCUT2D eigenvalue weighted by molar-refractivity contribution is -0.116. The molecule has 9 nitrogen and oxygen atoms in total. The molecular formula is C15H20N2O7S3. The first-order valence-electron chi connectivity index (χ1n) is 8.20. The number of sulfone groups is 1. The number of aryl methyl sites for hydroxylation is 1. The number of amides is 1. The Bertz CT molecular complexity index is 1110. The second-order valence-corrected chi connectivity index (χ2v) is 12.9. The average molecular weight is 437 g/mol. The van der Waals surface area contributed by atoms with Crippen LogP contribution < -0.4 is 4.31 Å². The number of anilines is 1. The van der Waals surface area contributed by atoms with Crippen molar-refractivity contribution in [2.45, 2.75) is 30.7 Å². The van der Waals surface area contributed by atoms with Gasteiger partial charge in [0.15, 0.2) is 9.84 Å². The summed E-state index contributed by atoms with van der Waals surface area (Å²) in [6.45, 7) is 1.50. The van der Waals surface area contributed by atoms with E-state index >= 15 is 0 Å². The third kappa shape index (κ3) is 3.62. The van der Waals surface area contributed by atoms with Gasteiger partial charge in [0, 0.05) is 19.5 Å². The molecule has 1 amide bonds. The van der Waals surface area contributed by atoms with Crippen LogP contribution >= 0.6 is 0 Å². The Hall–Kier alpha value is -1.50. The predicted octanol–water partition coefficient (Wildman–Crippen LogP) is -0.131. The summed E-state index contributed by atoms with van der Waals surface area (Å²) in [6, 6.07) is 3.23. The first-order valence-corrected chi connectivity index (χ1v) is 13.1. The zero-order valence-corrected chi connectivity index (χ0v) is 17.3. The topological polar surface area (TPSA) is 126 Å². The summed E-state index contributed by atoms with van der Waals surface area (Å²) in [5.74, 6) is -1.10. The monoisotopic (exact) mass is 436 g/mol. The van der Waals surface area contributed by atoms with Gasteiger partial charge in [0.25, 0.3) is 0 Å². The van der Waals surface area contributed by atoms with Gasteiger partial charge in [-0.2, -0.15) is 4.31 Å². The highest BCUT2D eigenvalue weighted by Gasteiger charge is 2.39.